The molecule has 0 aliphatic carbocycles. The zero-order valence-corrected chi connectivity index (χ0v) is 6.12. The van der Waals surface area contributed by atoms with Gasteiger partial charge in [-0.05, 0) is 0 Å². The minimum atomic E-state index is 0. The van der Waals surface area contributed by atoms with Gasteiger partial charge >= 0.3 is 23.2 Å². The van der Waals surface area contributed by atoms with E-state index in [0.29, 0.717) is 19.8 Å². The van der Waals surface area contributed by atoms with Crippen LogP contribution in [0.3, 0.4) is 0 Å². The molecule has 0 aromatic rings. The van der Waals surface area contributed by atoms with Gasteiger partial charge in [-0.2, -0.15) is 0 Å². The number of hydrogen-bond acceptors (Lipinski definition) is 1. The van der Waals surface area contributed by atoms with E-state index >= 15 is 0 Å². The molecule has 2 radical (unpaired) electrons. The Morgan fingerprint density at radius 2 is 1.25 bits per heavy atom. The summed E-state index contributed by atoms with van der Waals surface area (Å²) in [5, 5.41) is 0. The second kappa shape index (κ2) is 23.4. The van der Waals surface area contributed by atoms with E-state index in [-0.39, 0.29) is 35.6 Å². The van der Waals surface area contributed by atoms with E-state index < -0.39 is 0 Å². The Labute approximate surface area is 58.5 Å². The van der Waals surface area contributed by atoms with Crippen LogP contribution in [0.15, 0.2) is 0 Å². The van der Waals surface area contributed by atoms with Crippen LogP contribution in [-0.2, 0) is 40.0 Å². The maximum atomic E-state index is 8.33. The second-order valence-electron chi connectivity index (χ2n) is 0. The predicted molar refractivity (Wildman–Crippen MR) is 6.44 cm³/mol. The fourth-order valence-electron chi connectivity index (χ4n) is 0. The van der Waals surface area contributed by atoms with Crippen LogP contribution < -0.4 is 0 Å². The van der Waals surface area contributed by atoms with Gasteiger partial charge in [0.1, 0.15) is 0 Å². The molecule has 0 rings (SSSR count). The van der Waals surface area contributed by atoms with Gasteiger partial charge < -0.3 is 0 Å². The molecule has 0 saturated carbocycles. The van der Waals surface area contributed by atoms with Gasteiger partial charge in [0.05, 0.1) is 0 Å². The van der Waals surface area contributed by atoms with Crippen molar-refractivity contribution in [3.63, 3.8) is 0 Å². The summed E-state index contributed by atoms with van der Waals surface area (Å²) in [6, 6.07) is 0. The van der Waals surface area contributed by atoms with Gasteiger partial charge in [-0.3, -0.25) is 0 Å². The molecule has 4 heteroatoms. The summed E-state index contributed by atoms with van der Waals surface area (Å²) >= 11 is 0.333. The topological polar surface area (TPSA) is 17.1 Å². The first kappa shape index (κ1) is 17.6. The first-order valence-corrected chi connectivity index (χ1v) is 1.36. The van der Waals surface area contributed by atoms with E-state index in [1.165, 1.54) is 0 Å². The van der Waals surface area contributed by atoms with Crippen molar-refractivity contribution in [2.24, 2.45) is 0 Å². The third kappa shape index (κ3) is 9.52. The first-order valence-electron chi connectivity index (χ1n) is 0.167. The molecule has 0 bridgehead atoms. The Morgan fingerprint density at radius 1 is 1.25 bits per heavy atom. The number of rotatable bonds is 0. The van der Waals surface area contributed by atoms with Gasteiger partial charge in [-0.1, -0.05) is 0 Å². The number of hydrogen-bond donors (Lipinski definition) is 0. The van der Waals surface area contributed by atoms with Gasteiger partial charge in [0.15, 0.2) is 0 Å². The third-order valence-corrected chi connectivity index (χ3v) is 0. The molecule has 0 spiro atoms. The Morgan fingerprint density at radius 3 is 1.25 bits per heavy atom. The van der Waals surface area contributed by atoms with E-state index in [0.717, 1.165) is 0 Å². The van der Waals surface area contributed by atoms with Crippen molar-refractivity contribution in [1.82, 2.24) is 0 Å². The van der Waals surface area contributed by atoms with Crippen molar-refractivity contribution in [2.45, 2.75) is 0 Å². The van der Waals surface area contributed by atoms with Crippen LogP contribution in [0.2, 0.25) is 0 Å². The SMILES string of the molecule is [Co].[Li].[O]=[W]. The van der Waals surface area contributed by atoms with E-state index in [1.54, 1.807) is 0 Å². The van der Waals surface area contributed by atoms with Crippen LogP contribution >= 0.6 is 0 Å². The molecular formula is CoLiOW. The quantitative estimate of drug-likeness (QED) is 0.540. The van der Waals surface area contributed by atoms with E-state index in [9.17, 15) is 0 Å². The van der Waals surface area contributed by atoms with Crippen molar-refractivity contribution < 1.29 is 40.0 Å². The molecule has 0 aliphatic heterocycles. The zero-order valence-electron chi connectivity index (χ0n) is 2.15. The van der Waals surface area contributed by atoms with E-state index in [2.05, 4.69) is 0 Å². The summed E-state index contributed by atoms with van der Waals surface area (Å²) in [4.78, 5) is 0. The van der Waals surface area contributed by atoms with Crippen LogP contribution in [0.1, 0.15) is 0 Å². The molecule has 4 heavy (non-hydrogen) atoms. The summed E-state index contributed by atoms with van der Waals surface area (Å²) in [6.45, 7) is 0. The van der Waals surface area contributed by atoms with Crippen molar-refractivity contribution in [3.8, 4) is 0 Å². The van der Waals surface area contributed by atoms with Crippen LogP contribution in [0.25, 0.3) is 0 Å². The fraction of sp³-hybridized carbons (Fsp3) is 0. The fourth-order valence-corrected chi connectivity index (χ4v) is 0. The Balaban J connectivity index is -0.00000000500. The molecule has 0 heterocycles. The Hall–Kier alpha value is 1.59. The molecule has 0 N–H and O–H groups in total. The molecule has 0 atom stereocenters. The third-order valence-electron chi connectivity index (χ3n) is 0. The monoisotopic (exact) mass is 266 g/mol. The summed E-state index contributed by atoms with van der Waals surface area (Å²) in [5.41, 5.74) is 0. The summed E-state index contributed by atoms with van der Waals surface area (Å²) in [6.07, 6.45) is 0. The normalized spacial score (nSPS) is 1.00. The second-order valence-corrected chi connectivity index (χ2v) is 0. The molecular weight excluding hydrogens is 266 g/mol. The van der Waals surface area contributed by atoms with Crippen LogP contribution in [0.4, 0.5) is 0 Å². The van der Waals surface area contributed by atoms with E-state index in [1.807, 2.05) is 0 Å². The van der Waals surface area contributed by atoms with Crippen LogP contribution in [-0.4, -0.2) is 18.9 Å². The first-order chi connectivity index (χ1) is 1.00. The van der Waals surface area contributed by atoms with Crippen LogP contribution in [0, 0.1) is 0 Å². The van der Waals surface area contributed by atoms with Gasteiger partial charge in [0, 0.05) is 35.6 Å². The molecule has 0 unspecified atom stereocenters. The summed E-state index contributed by atoms with van der Waals surface area (Å²) in [7, 11) is 0. The molecule has 1 nitrogen and oxygen atoms in total. The minimum absolute atomic E-state index is 0. The Bertz CT molecular complexity index is 8.00. The Kier molecular flexibility index (Phi) is 103. The predicted octanol–water partition coefficient (Wildman–Crippen LogP) is -0.505. The average molecular weight is 266 g/mol. The van der Waals surface area contributed by atoms with Crippen molar-refractivity contribution in [3.05, 3.63) is 0 Å². The molecule has 22 valence electrons. The molecule has 0 saturated heterocycles. The zero-order chi connectivity index (χ0) is 2.00. The van der Waals surface area contributed by atoms with Gasteiger partial charge in [-0.25, -0.2) is 0 Å². The maximum absolute atomic E-state index is 8.33. The summed E-state index contributed by atoms with van der Waals surface area (Å²) in [5.74, 6) is 0. The van der Waals surface area contributed by atoms with Gasteiger partial charge in [-0.15, -0.1) is 0 Å². The average Bonchev–Trinajstić information content (AvgIpc) is 1.00. The summed E-state index contributed by atoms with van der Waals surface area (Å²) < 4.78 is 8.33. The molecule has 0 amide bonds. The molecule has 0 fully saturated rings. The van der Waals surface area contributed by atoms with E-state index in [4.69, 9.17) is 3.40 Å². The standard InChI is InChI=1S/Co.Li.O.W. The van der Waals surface area contributed by atoms with Crippen molar-refractivity contribution in [2.75, 3.05) is 0 Å². The molecule has 0 aromatic heterocycles. The van der Waals surface area contributed by atoms with Gasteiger partial charge in [0.2, 0.25) is 0 Å². The molecule has 0 aromatic carbocycles. The van der Waals surface area contributed by atoms with Crippen LogP contribution in [0.5, 0.6) is 0 Å². The van der Waals surface area contributed by atoms with Gasteiger partial charge in [0.25, 0.3) is 0 Å². The molecule has 0 aliphatic rings. The van der Waals surface area contributed by atoms with Crippen molar-refractivity contribution >= 4 is 18.9 Å². The van der Waals surface area contributed by atoms with Crippen molar-refractivity contribution in [1.29, 1.82) is 0 Å².